The van der Waals surface area contributed by atoms with Crippen molar-refractivity contribution in [3.05, 3.63) is 16.1 Å². The molecule has 1 N–H and O–H groups in total. The molecule has 0 aliphatic carbocycles. The lowest BCUT2D eigenvalue weighted by atomic mass is 9.84. The second-order valence-corrected chi connectivity index (χ2v) is 7.87. The maximum absolute atomic E-state index is 12.5. The molecular weight excluding hydrogens is 308 g/mol. The van der Waals surface area contributed by atoms with Crippen LogP contribution in [0.25, 0.3) is 0 Å². The number of urea groups is 1. The van der Waals surface area contributed by atoms with E-state index < -0.39 is 0 Å². The third-order valence-electron chi connectivity index (χ3n) is 5.04. The van der Waals surface area contributed by atoms with Crippen LogP contribution in [-0.2, 0) is 6.42 Å². The molecular formula is C17H28N4OS. The molecule has 5 nitrogen and oxygen atoms in total. The lowest BCUT2D eigenvalue weighted by Gasteiger charge is -2.46. The number of aromatic nitrogens is 1. The van der Waals surface area contributed by atoms with Crippen LogP contribution in [0.15, 0.2) is 5.38 Å². The monoisotopic (exact) mass is 336 g/mol. The van der Waals surface area contributed by atoms with E-state index in [4.69, 9.17) is 0 Å². The summed E-state index contributed by atoms with van der Waals surface area (Å²) < 4.78 is 0. The van der Waals surface area contributed by atoms with Gasteiger partial charge in [-0.05, 0) is 52.1 Å². The molecule has 3 rings (SSSR count). The molecule has 0 unspecified atom stereocenters. The molecule has 2 aliphatic rings. The zero-order valence-electron chi connectivity index (χ0n) is 14.3. The van der Waals surface area contributed by atoms with Crippen LogP contribution in [-0.4, -0.2) is 60.1 Å². The highest BCUT2D eigenvalue weighted by molar-refractivity contribution is 7.09. The third kappa shape index (κ3) is 4.23. The summed E-state index contributed by atoms with van der Waals surface area (Å²) in [4.78, 5) is 21.5. The third-order valence-corrected chi connectivity index (χ3v) is 6.07. The lowest BCUT2D eigenvalue weighted by Crippen LogP contribution is -2.57. The SMILES string of the molecule is Cc1csc(CCCNC(=O)N2CCC[C@H]3CN(C)CC[C@@H]32)n1. The largest absolute Gasteiger partial charge is 0.338 e. The van der Waals surface area contributed by atoms with E-state index in [1.54, 1.807) is 11.3 Å². The Morgan fingerprint density at radius 3 is 3.09 bits per heavy atom. The van der Waals surface area contributed by atoms with Gasteiger partial charge in [0, 0.05) is 43.2 Å². The summed E-state index contributed by atoms with van der Waals surface area (Å²) in [5.74, 6) is 0.659. The van der Waals surface area contributed by atoms with Gasteiger partial charge in [-0.2, -0.15) is 0 Å². The van der Waals surface area contributed by atoms with E-state index in [9.17, 15) is 4.79 Å². The normalized spacial score (nSPS) is 25.2. The molecule has 2 aliphatic heterocycles. The van der Waals surface area contributed by atoms with Crippen molar-refractivity contribution in [1.29, 1.82) is 0 Å². The van der Waals surface area contributed by atoms with E-state index in [1.165, 1.54) is 11.4 Å². The van der Waals surface area contributed by atoms with Crippen LogP contribution in [0.4, 0.5) is 4.79 Å². The first-order valence-electron chi connectivity index (χ1n) is 8.77. The molecule has 1 aromatic rings. The maximum atomic E-state index is 12.5. The van der Waals surface area contributed by atoms with E-state index in [0.29, 0.717) is 12.0 Å². The fourth-order valence-corrected chi connectivity index (χ4v) is 4.71. The Hall–Kier alpha value is -1.14. The smallest absolute Gasteiger partial charge is 0.317 e. The van der Waals surface area contributed by atoms with Crippen molar-refractivity contribution in [2.75, 3.05) is 33.2 Å². The highest BCUT2D eigenvalue weighted by atomic mass is 32.1. The maximum Gasteiger partial charge on any atom is 0.317 e. The molecule has 2 amide bonds. The second kappa shape index (κ2) is 7.62. The van der Waals surface area contributed by atoms with E-state index in [0.717, 1.165) is 57.6 Å². The number of hydrogen-bond acceptors (Lipinski definition) is 4. The minimum Gasteiger partial charge on any atom is -0.338 e. The molecule has 3 heterocycles. The van der Waals surface area contributed by atoms with Crippen LogP contribution >= 0.6 is 11.3 Å². The summed E-state index contributed by atoms with van der Waals surface area (Å²) in [6.45, 7) is 5.93. The highest BCUT2D eigenvalue weighted by Gasteiger charge is 2.37. The molecule has 0 aromatic carbocycles. The number of carbonyl (C=O) groups is 1. The van der Waals surface area contributed by atoms with Crippen molar-refractivity contribution in [3.8, 4) is 0 Å². The Morgan fingerprint density at radius 2 is 2.30 bits per heavy atom. The fourth-order valence-electron chi connectivity index (χ4n) is 3.89. The minimum absolute atomic E-state index is 0.138. The van der Waals surface area contributed by atoms with Gasteiger partial charge in [0.25, 0.3) is 0 Å². The average molecular weight is 337 g/mol. The summed E-state index contributed by atoms with van der Waals surface area (Å²) in [6, 6.07) is 0.584. The van der Waals surface area contributed by atoms with Crippen molar-refractivity contribution in [3.63, 3.8) is 0 Å². The first-order valence-corrected chi connectivity index (χ1v) is 9.65. The number of thiazole rings is 1. The average Bonchev–Trinajstić information content (AvgIpc) is 2.96. The number of rotatable bonds is 4. The standard InChI is InChI=1S/C17H28N4OS/c1-13-12-23-16(19-13)6-3-8-18-17(22)21-9-4-5-14-11-20(2)10-7-15(14)21/h12,14-15H,3-11H2,1-2H3,(H,18,22)/t14-,15-/m0/s1. The van der Waals surface area contributed by atoms with E-state index in [-0.39, 0.29) is 6.03 Å². The Balaban J connectivity index is 1.44. The van der Waals surface area contributed by atoms with E-state index >= 15 is 0 Å². The number of fused-ring (bicyclic) bond motifs is 1. The summed E-state index contributed by atoms with van der Waals surface area (Å²) in [5.41, 5.74) is 1.09. The van der Waals surface area contributed by atoms with Gasteiger partial charge < -0.3 is 15.1 Å². The molecule has 0 spiro atoms. The number of likely N-dealkylation sites (tertiary alicyclic amines) is 2. The number of carbonyl (C=O) groups excluding carboxylic acids is 1. The molecule has 1 aromatic heterocycles. The zero-order chi connectivity index (χ0) is 16.2. The van der Waals surface area contributed by atoms with E-state index in [1.807, 2.05) is 6.92 Å². The fraction of sp³-hybridized carbons (Fsp3) is 0.765. The molecule has 23 heavy (non-hydrogen) atoms. The molecule has 0 saturated carbocycles. The van der Waals surface area contributed by atoms with Gasteiger partial charge in [0.1, 0.15) is 0 Å². The quantitative estimate of drug-likeness (QED) is 0.860. The Kier molecular flexibility index (Phi) is 5.54. The van der Waals surface area contributed by atoms with Gasteiger partial charge in [-0.15, -0.1) is 11.3 Å². The zero-order valence-corrected chi connectivity index (χ0v) is 15.1. The Bertz CT molecular complexity index is 532. The first-order chi connectivity index (χ1) is 11.1. The Labute approximate surface area is 143 Å². The van der Waals surface area contributed by atoms with Gasteiger partial charge in [0.15, 0.2) is 0 Å². The predicted octanol–water partition coefficient (Wildman–Crippen LogP) is 2.51. The summed E-state index contributed by atoms with van der Waals surface area (Å²) in [5, 5.41) is 6.38. The Morgan fingerprint density at radius 1 is 1.43 bits per heavy atom. The lowest BCUT2D eigenvalue weighted by molar-refractivity contribution is 0.0534. The van der Waals surface area contributed by atoms with Gasteiger partial charge in [-0.25, -0.2) is 9.78 Å². The molecule has 128 valence electrons. The van der Waals surface area contributed by atoms with Crippen molar-refractivity contribution >= 4 is 17.4 Å². The van der Waals surface area contributed by atoms with Crippen LogP contribution in [0.1, 0.15) is 36.4 Å². The van der Waals surface area contributed by atoms with Crippen LogP contribution < -0.4 is 5.32 Å². The van der Waals surface area contributed by atoms with E-state index in [2.05, 4.69) is 32.5 Å². The molecule has 6 heteroatoms. The van der Waals surface area contributed by atoms with Crippen molar-refractivity contribution in [2.24, 2.45) is 5.92 Å². The predicted molar refractivity (Wildman–Crippen MR) is 93.9 cm³/mol. The topological polar surface area (TPSA) is 48.5 Å². The van der Waals surface area contributed by atoms with Gasteiger partial charge in [0.05, 0.1) is 5.01 Å². The summed E-state index contributed by atoms with van der Waals surface area (Å²) >= 11 is 1.71. The first kappa shape index (κ1) is 16.7. The highest BCUT2D eigenvalue weighted by Crippen LogP contribution is 2.30. The van der Waals surface area contributed by atoms with Gasteiger partial charge in [-0.3, -0.25) is 0 Å². The van der Waals surface area contributed by atoms with Crippen molar-refractivity contribution in [1.82, 2.24) is 20.1 Å². The van der Waals surface area contributed by atoms with Crippen LogP contribution in [0.5, 0.6) is 0 Å². The number of amides is 2. The minimum atomic E-state index is 0.138. The summed E-state index contributed by atoms with van der Waals surface area (Å²) in [6.07, 6.45) is 5.44. The number of nitrogens with one attached hydrogen (secondary N) is 1. The number of nitrogens with zero attached hydrogens (tertiary/aromatic N) is 3. The van der Waals surface area contributed by atoms with Crippen LogP contribution in [0, 0.1) is 12.8 Å². The second-order valence-electron chi connectivity index (χ2n) is 6.93. The van der Waals surface area contributed by atoms with Crippen LogP contribution in [0.3, 0.4) is 0 Å². The molecule has 2 fully saturated rings. The molecule has 2 saturated heterocycles. The summed E-state index contributed by atoms with van der Waals surface area (Å²) in [7, 11) is 2.19. The number of piperidine rings is 2. The van der Waals surface area contributed by atoms with Crippen molar-refractivity contribution < 1.29 is 4.79 Å². The van der Waals surface area contributed by atoms with Crippen molar-refractivity contribution in [2.45, 2.75) is 45.1 Å². The number of hydrogen-bond donors (Lipinski definition) is 1. The van der Waals surface area contributed by atoms with Gasteiger partial charge in [0.2, 0.25) is 0 Å². The molecule has 0 radical (unpaired) electrons. The van der Waals surface area contributed by atoms with Gasteiger partial charge in [-0.1, -0.05) is 0 Å². The van der Waals surface area contributed by atoms with Crippen LogP contribution in [0.2, 0.25) is 0 Å². The molecule has 0 bridgehead atoms. The number of aryl methyl sites for hydroxylation is 2. The molecule has 2 atom stereocenters. The van der Waals surface area contributed by atoms with Gasteiger partial charge >= 0.3 is 6.03 Å².